The lowest BCUT2D eigenvalue weighted by Gasteiger charge is -2.17. The quantitative estimate of drug-likeness (QED) is 0.842. The van der Waals surface area contributed by atoms with E-state index in [-0.39, 0.29) is 18.7 Å². The molecule has 1 heterocycles. The Labute approximate surface area is 145 Å². The number of rotatable bonds is 6. The Morgan fingerprint density at radius 1 is 1.28 bits per heavy atom. The molecule has 1 aromatic heterocycles. The van der Waals surface area contributed by atoms with Crippen LogP contribution in [-0.2, 0) is 13.1 Å². The summed E-state index contributed by atoms with van der Waals surface area (Å²) in [6.45, 7) is 5.55. The summed E-state index contributed by atoms with van der Waals surface area (Å²) in [5, 5.41) is 19.2. The number of para-hydroxylation sites is 1. The molecular formula is C18H21N3O4. The molecule has 25 heavy (non-hydrogen) atoms. The molecule has 7 heteroatoms. The summed E-state index contributed by atoms with van der Waals surface area (Å²) in [4.78, 5) is 24.5. The highest BCUT2D eigenvalue weighted by Crippen LogP contribution is 2.22. The molecule has 132 valence electrons. The van der Waals surface area contributed by atoms with Gasteiger partial charge >= 0.3 is 5.69 Å². The number of hydrogen-bond acceptors (Lipinski definition) is 5. The normalized spacial score (nSPS) is 11.8. The largest absolute Gasteiger partial charge is 0.490 e. The molecule has 2 aromatic rings. The highest BCUT2D eigenvalue weighted by molar-refractivity contribution is 5.39. The van der Waals surface area contributed by atoms with Gasteiger partial charge in [-0.2, -0.15) is 5.26 Å². The van der Waals surface area contributed by atoms with Crippen molar-refractivity contribution in [2.45, 2.75) is 40.0 Å². The molecule has 1 unspecified atom stereocenters. The summed E-state index contributed by atoms with van der Waals surface area (Å²) in [6, 6.07) is 7.49. The molecule has 0 aliphatic heterocycles. The molecule has 1 aromatic carbocycles. The van der Waals surface area contributed by atoms with Crippen molar-refractivity contribution in [1.82, 2.24) is 9.13 Å². The second-order valence-electron chi connectivity index (χ2n) is 5.82. The first-order valence-electron chi connectivity index (χ1n) is 8.00. The lowest BCUT2D eigenvalue weighted by Crippen LogP contribution is -2.44. The van der Waals surface area contributed by atoms with Gasteiger partial charge in [-0.25, -0.2) is 4.79 Å². The smallest absolute Gasteiger partial charge is 0.331 e. The first kappa shape index (κ1) is 18.5. The third-order valence-corrected chi connectivity index (χ3v) is 3.92. The average Bonchev–Trinajstić information content (AvgIpc) is 2.58. The summed E-state index contributed by atoms with van der Waals surface area (Å²) >= 11 is 0. The fourth-order valence-corrected chi connectivity index (χ4v) is 2.59. The summed E-state index contributed by atoms with van der Waals surface area (Å²) in [7, 11) is 0. The number of benzene rings is 1. The number of aliphatic hydroxyl groups excluding tert-OH is 1. The summed E-state index contributed by atoms with van der Waals surface area (Å²) in [6.07, 6.45) is 0.171. The number of aromatic nitrogens is 2. The fraction of sp³-hybridized carbons (Fsp3) is 0.389. The molecule has 0 spiro atoms. The lowest BCUT2D eigenvalue weighted by molar-refractivity contribution is 0.0893. The van der Waals surface area contributed by atoms with E-state index in [1.165, 1.54) is 10.8 Å². The molecule has 0 saturated heterocycles. The SMILES string of the molecule is CCn1cc(C#N)c(=O)n(CC(O)COc2c(C)cccc2C)c1=O. The van der Waals surface area contributed by atoms with Crippen molar-refractivity contribution in [3.8, 4) is 11.8 Å². The zero-order chi connectivity index (χ0) is 18.6. The summed E-state index contributed by atoms with van der Waals surface area (Å²) in [5.41, 5.74) is 0.471. The number of ether oxygens (including phenoxy) is 1. The van der Waals surface area contributed by atoms with Crippen molar-refractivity contribution in [3.05, 3.63) is 61.9 Å². The Morgan fingerprint density at radius 2 is 1.92 bits per heavy atom. The van der Waals surface area contributed by atoms with Crippen molar-refractivity contribution in [3.63, 3.8) is 0 Å². The van der Waals surface area contributed by atoms with Gasteiger partial charge in [-0.15, -0.1) is 0 Å². The van der Waals surface area contributed by atoms with Gasteiger partial charge in [0.05, 0.1) is 6.54 Å². The molecule has 2 rings (SSSR count). The van der Waals surface area contributed by atoms with Crippen LogP contribution in [0.25, 0.3) is 0 Å². The Bertz CT molecular complexity index is 901. The van der Waals surface area contributed by atoms with Crippen LogP contribution in [0.2, 0.25) is 0 Å². The van der Waals surface area contributed by atoms with Gasteiger partial charge in [0, 0.05) is 12.7 Å². The van der Waals surface area contributed by atoms with Gasteiger partial charge in [0.15, 0.2) is 0 Å². The molecule has 0 fully saturated rings. The third-order valence-electron chi connectivity index (χ3n) is 3.92. The van der Waals surface area contributed by atoms with Crippen LogP contribution in [0.4, 0.5) is 0 Å². The molecule has 0 bridgehead atoms. The first-order chi connectivity index (χ1) is 11.9. The monoisotopic (exact) mass is 343 g/mol. The van der Waals surface area contributed by atoms with Crippen LogP contribution in [0, 0.1) is 25.2 Å². The van der Waals surface area contributed by atoms with Crippen LogP contribution >= 0.6 is 0 Å². The van der Waals surface area contributed by atoms with Crippen molar-refractivity contribution in [2.75, 3.05) is 6.61 Å². The number of nitriles is 1. The van der Waals surface area contributed by atoms with Crippen molar-refractivity contribution in [1.29, 1.82) is 5.26 Å². The van der Waals surface area contributed by atoms with Gasteiger partial charge in [-0.05, 0) is 31.9 Å². The van der Waals surface area contributed by atoms with Gasteiger partial charge in [0.2, 0.25) is 0 Å². The molecular weight excluding hydrogens is 322 g/mol. The molecule has 0 saturated carbocycles. The minimum Gasteiger partial charge on any atom is -0.490 e. The second-order valence-corrected chi connectivity index (χ2v) is 5.82. The highest BCUT2D eigenvalue weighted by atomic mass is 16.5. The predicted octanol–water partition coefficient (Wildman–Crippen LogP) is 0.958. The van der Waals surface area contributed by atoms with E-state index in [9.17, 15) is 14.7 Å². The lowest BCUT2D eigenvalue weighted by atomic mass is 10.1. The van der Waals surface area contributed by atoms with Crippen LogP contribution in [0.5, 0.6) is 5.75 Å². The van der Waals surface area contributed by atoms with E-state index in [2.05, 4.69) is 0 Å². The average molecular weight is 343 g/mol. The summed E-state index contributed by atoms with van der Waals surface area (Å²) < 4.78 is 7.79. The third kappa shape index (κ3) is 3.98. The Hall–Kier alpha value is -2.85. The number of hydrogen-bond donors (Lipinski definition) is 1. The van der Waals surface area contributed by atoms with E-state index in [0.717, 1.165) is 15.7 Å². The second kappa shape index (κ2) is 7.81. The van der Waals surface area contributed by atoms with Gasteiger partial charge in [-0.1, -0.05) is 18.2 Å². The Morgan fingerprint density at radius 3 is 2.48 bits per heavy atom. The summed E-state index contributed by atoms with van der Waals surface area (Å²) in [5.74, 6) is 0.672. The van der Waals surface area contributed by atoms with Crippen LogP contribution < -0.4 is 16.0 Å². The molecule has 1 atom stereocenters. The van der Waals surface area contributed by atoms with Crippen LogP contribution in [0.15, 0.2) is 34.0 Å². The maximum atomic E-state index is 12.3. The van der Waals surface area contributed by atoms with Gasteiger partial charge in [0.25, 0.3) is 5.56 Å². The minimum absolute atomic E-state index is 0.0690. The zero-order valence-corrected chi connectivity index (χ0v) is 14.5. The van der Waals surface area contributed by atoms with Gasteiger partial charge in [-0.3, -0.25) is 13.9 Å². The molecule has 0 aliphatic carbocycles. The molecule has 0 aliphatic rings. The molecule has 0 amide bonds. The Kier molecular flexibility index (Phi) is 5.78. The van der Waals surface area contributed by atoms with Crippen LogP contribution in [-0.4, -0.2) is 27.0 Å². The van der Waals surface area contributed by atoms with Crippen LogP contribution in [0.3, 0.4) is 0 Å². The van der Waals surface area contributed by atoms with E-state index < -0.39 is 17.4 Å². The maximum absolute atomic E-state index is 12.3. The molecule has 1 N–H and O–H groups in total. The number of aliphatic hydroxyl groups is 1. The van der Waals surface area contributed by atoms with Crippen molar-refractivity contribution >= 4 is 0 Å². The van der Waals surface area contributed by atoms with E-state index in [1.807, 2.05) is 32.0 Å². The molecule has 7 nitrogen and oxygen atoms in total. The van der Waals surface area contributed by atoms with Gasteiger partial charge < -0.3 is 9.84 Å². The Balaban J connectivity index is 2.21. The predicted molar refractivity (Wildman–Crippen MR) is 92.8 cm³/mol. The van der Waals surface area contributed by atoms with Crippen molar-refractivity contribution in [2.24, 2.45) is 0 Å². The number of nitrogens with zero attached hydrogens (tertiary/aromatic N) is 3. The first-order valence-corrected chi connectivity index (χ1v) is 8.00. The van der Waals surface area contributed by atoms with Crippen molar-refractivity contribution < 1.29 is 9.84 Å². The zero-order valence-electron chi connectivity index (χ0n) is 14.5. The van der Waals surface area contributed by atoms with E-state index in [1.54, 1.807) is 13.0 Å². The standard InChI is InChI=1S/C18H21N3O4/c1-4-20-9-14(8-19)17(23)21(18(20)24)10-15(22)11-25-16-12(2)6-5-7-13(16)3/h5-7,9,15,22H,4,10-11H2,1-3H3. The fourth-order valence-electron chi connectivity index (χ4n) is 2.59. The minimum atomic E-state index is -1.07. The molecule has 0 radical (unpaired) electrons. The topological polar surface area (TPSA) is 97.2 Å². The highest BCUT2D eigenvalue weighted by Gasteiger charge is 2.15. The van der Waals surface area contributed by atoms with Crippen LogP contribution in [0.1, 0.15) is 23.6 Å². The van der Waals surface area contributed by atoms with E-state index in [0.29, 0.717) is 12.3 Å². The number of aryl methyl sites for hydroxylation is 3. The van der Waals surface area contributed by atoms with Gasteiger partial charge in [0.1, 0.15) is 30.1 Å². The van der Waals surface area contributed by atoms with E-state index in [4.69, 9.17) is 10.00 Å². The maximum Gasteiger partial charge on any atom is 0.331 e. The van der Waals surface area contributed by atoms with E-state index >= 15 is 0 Å².